The maximum Gasteiger partial charge on any atom is 0.220 e. The number of nitrogens with one attached hydrogen (secondary N) is 2. The van der Waals surface area contributed by atoms with E-state index in [1.807, 2.05) is 0 Å². The Morgan fingerprint density at radius 1 is 1.00 bits per heavy atom. The van der Waals surface area contributed by atoms with Crippen LogP contribution in [0, 0.1) is 5.41 Å². The first-order valence-corrected chi connectivity index (χ1v) is 9.38. The van der Waals surface area contributed by atoms with Crippen molar-refractivity contribution in [1.29, 1.82) is 5.41 Å². The highest BCUT2D eigenvalue weighted by molar-refractivity contribution is 5.94. The summed E-state index contributed by atoms with van der Waals surface area (Å²) >= 11 is 0. The third kappa shape index (κ3) is 11.5. The van der Waals surface area contributed by atoms with E-state index in [0.717, 1.165) is 32.1 Å². The fraction of sp³-hybridized carbons (Fsp3) is 0.526. The number of guanidine groups is 1. The molecule has 0 fully saturated rings. The summed E-state index contributed by atoms with van der Waals surface area (Å²) in [6.07, 6.45) is 6.37. The largest absolute Gasteiger partial charge is 0.494 e. The summed E-state index contributed by atoms with van der Waals surface area (Å²) in [5.41, 5.74) is 16.6. The van der Waals surface area contributed by atoms with Crippen molar-refractivity contribution in [1.82, 2.24) is 5.32 Å². The van der Waals surface area contributed by atoms with Gasteiger partial charge >= 0.3 is 0 Å². The van der Waals surface area contributed by atoms with Crippen molar-refractivity contribution in [2.75, 3.05) is 19.7 Å². The molecule has 1 rings (SSSR count). The monoisotopic (exact) mass is 376 g/mol. The zero-order valence-electron chi connectivity index (χ0n) is 15.9. The number of carbonyl (C=O) groups excluding carboxylic acids is 1. The molecule has 0 aromatic heterocycles. The van der Waals surface area contributed by atoms with Crippen molar-refractivity contribution in [2.45, 2.75) is 44.9 Å². The summed E-state index contributed by atoms with van der Waals surface area (Å²) in [6, 6.07) is 7.03. The molecule has 0 saturated carbocycles. The van der Waals surface area contributed by atoms with Gasteiger partial charge in [0, 0.05) is 25.1 Å². The first kappa shape index (κ1) is 22.3. The van der Waals surface area contributed by atoms with Gasteiger partial charge in [0.05, 0.1) is 6.61 Å². The molecule has 0 aliphatic heterocycles. The number of nitrogens with two attached hydrogens (primary N) is 3. The van der Waals surface area contributed by atoms with E-state index in [1.54, 1.807) is 24.3 Å². The molecule has 8 N–H and O–H groups in total. The minimum absolute atomic E-state index is 0.0316. The van der Waals surface area contributed by atoms with Crippen LogP contribution in [0.5, 0.6) is 5.75 Å². The van der Waals surface area contributed by atoms with Gasteiger partial charge in [-0.3, -0.25) is 15.2 Å². The van der Waals surface area contributed by atoms with Crippen LogP contribution in [0.3, 0.4) is 0 Å². The lowest BCUT2D eigenvalue weighted by Crippen LogP contribution is -2.24. The van der Waals surface area contributed by atoms with Crippen LogP contribution in [0.1, 0.15) is 50.5 Å². The minimum atomic E-state index is 0.0316. The summed E-state index contributed by atoms with van der Waals surface area (Å²) in [5.74, 6) is 0.941. The molecule has 0 aliphatic carbocycles. The molecule has 8 nitrogen and oxygen atoms in total. The van der Waals surface area contributed by atoms with Crippen LogP contribution >= 0.6 is 0 Å². The second-order valence-corrected chi connectivity index (χ2v) is 6.31. The summed E-state index contributed by atoms with van der Waals surface area (Å²) in [5, 5.41) is 10.3. The normalized spacial score (nSPS) is 10.2. The topological polar surface area (TPSA) is 153 Å². The van der Waals surface area contributed by atoms with E-state index in [0.29, 0.717) is 43.9 Å². The highest BCUT2D eigenvalue weighted by atomic mass is 16.5. The van der Waals surface area contributed by atoms with Gasteiger partial charge in [0.2, 0.25) is 5.91 Å². The van der Waals surface area contributed by atoms with E-state index >= 15 is 0 Å². The molecule has 1 aromatic rings. The number of amidine groups is 1. The third-order valence-corrected chi connectivity index (χ3v) is 3.93. The molecule has 0 heterocycles. The zero-order valence-corrected chi connectivity index (χ0v) is 15.9. The molecule has 0 saturated heterocycles. The van der Waals surface area contributed by atoms with Gasteiger partial charge in [-0.25, -0.2) is 0 Å². The molecular formula is C19H32N6O2. The second kappa shape index (κ2) is 13.4. The van der Waals surface area contributed by atoms with Gasteiger partial charge in [0.1, 0.15) is 11.6 Å². The van der Waals surface area contributed by atoms with Crippen molar-refractivity contribution in [3.63, 3.8) is 0 Å². The van der Waals surface area contributed by atoms with Gasteiger partial charge in [-0.15, -0.1) is 0 Å². The lowest BCUT2D eigenvalue weighted by molar-refractivity contribution is -0.121. The van der Waals surface area contributed by atoms with Gasteiger partial charge in [0.25, 0.3) is 0 Å². The average Bonchev–Trinajstić information content (AvgIpc) is 2.64. The molecule has 1 aromatic carbocycles. The smallest absolute Gasteiger partial charge is 0.220 e. The van der Waals surface area contributed by atoms with Gasteiger partial charge in [0.15, 0.2) is 5.96 Å². The van der Waals surface area contributed by atoms with Gasteiger partial charge < -0.3 is 27.3 Å². The van der Waals surface area contributed by atoms with Gasteiger partial charge in [-0.2, -0.15) is 0 Å². The van der Waals surface area contributed by atoms with Crippen LogP contribution in [-0.4, -0.2) is 37.4 Å². The number of unbranched alkanes of at least 4 members (excludes halogenated alkanes) is 4. The molecular weight excluding hydrogens is 344 g/mol. The predicted molar refractivity (Wildman–Crippen MR) is 109 cm³/mol. The van der Waals surface area contributed by atoms with Crippen LogP contribution in [0.4, 0.5) is 0 Å². The Morgan fingerprint density at radius 3 is 2.33 bits per heavy atom. The molecule has 27 heavy (non-hydrogen) atoms. The van der Waals surface area contributed by atoms with E-state index in [2.05, 4.69) is 10.3 Å². The predicted octanol–water partition coefficient (Wildman–Crippen LogP) is 1.47. The quantitative estimate of drug-likeness (QED) is 0.189. The van der Waals surface area contributed by atoms with Crippen LogP contribution < -0.4 is 27.3 Å². The van der Waals surface area contributed by atoms with E-state index < -0.39 is 0 Å². The Kier molecular flexibility index (Phi) is 11.1. The first-order valence-electron chi connectivity index (χ1n) is 9.38. The lowest BCUT2D eigenvalue weighted by Gasteiger charge is -2.08. The second-order valence-electron chi connectivity index (χ2n) is 6.31. The van der Waals surface area contributed by atoms with Crippen LogP contribution in [0.15, 0.2) is 29.3 Å². The summed E-state index contributed by atoms with van der Waals surface area (Å²) < 4.78 is 5.58. The molecule has 0 spiro atoms. The summed E-state index contributed by atoms with van der Waals surface area (Å²) in [7, 11) is 0. The van der Waals surface area contributed by atoms with Crippen LogP contribution in [0.2, 0.25) is 0 Å². The zero-order chi connectivity index (χ0) is 19.9. The molecule has 0 aliphatic rings. The van der Waals surface area contributed by atoms with E-state index in [1.165, 1.54) is 0 Å². The Balaban J connectivity index is 1.97. The number of aliphatic imine (C=N–C) groups is 1. The summed E-state index contributed by atoms with van der Waals surface area (Å²) in [4.78, 5) is 15.7. The number of amides is 1. The maximum absolute atomic E-state index is 11.8. The van der Waals surface area contributed by atoms with E-state index in [-0.39, 0.29) is 17.7 Å². The number of nitrogens with zero attached hydrogens (tertiary/aromatic N) is 1. The molecule has 0 radical (unpaired) electrons. The fourth-order valence-electron chi connectivity index (χ4n) is 2.44. The minimum Gasteiger partial charge on any atom is -0.494 e. The fourth-order valence-corrected chi connectivity index (χ4v) is 2.44. The summed E-state index contributed by atoms with van der Waals surface area (Å²) in [6.45, 7) is 1.87. The highest BCUT2D eigenvalue weighted by Crippen LogP contribution is 2.12. The number of ether oxygens (including phenoxy) is 1. The standard InChI is InChI=1S/C19H32N6O2/c20-18(21)15-8-10-16(11-9-15)27-14-6-7-17(26)24-12-4-2-1-3-5-13-25-19(22)23/h8-11H,1-7,12-14H2,(H3,20,21)(H,24,26)(H4,22,23,25). The average molecular weight is 377 g/mol. The molecule has 8 heteroatoms. The number of hydrogen-bond acceptors (Lipinski definition) is 4. The van der Waals surface area contributed by atoms with E-state index in [9.17, 15) is 4.79 Å². The van der Waals surface area contributed by atoms with E-state index in [4.69, 9.17) is 27.3 Å². The lowest BCUT2D eigenvalue weighted by atomic mass is 10.1. The van der Waals surface area contributed by atoms with Crippen molar-refractivity contribution in [3.05, 3.63) is 29.8 Å². The van der Waals surface area contributed by atoms with Crippen molar-refractivity contribution in [3.8, 4) is 5.75 Å². The molecule has 150 valence electrons. The maximum atomic E-state index is 11.8. The van der Waals surface area contributed by atoms with Gasteiger partial charge in [-0.1, -0.05) is 19.3 Å². The number of benzene rings is 1. The number of rotatable bonds is 14. The van der Waals surface area contributed by atoms with Crippen molar-refractivity contribution < 1.29 is 9.53 Å². The molecule has 1 amide bonds. The molecule has 0 bridgehead atoms. The molecule has 0 atom stereocenters. The SMILES string of the molecule is N=C(N)c1ccc(OCCCC(=O)NCCCCCCCN=C(N)N)cc1. The van der Waals surface area contributed by atoms with Gasteiger partial charge in [-0.05, 0) is 43.5 Å². The van der Waals surface area contributed by atoms with Crippen molar-refractivity contribution in [2.24, 2.45) is 22.2 Å². The van der Waals surface area contributed by atoms with Crippen LogP contribution in [-0.2, 0) is 4.79 Å². The Hall–Kier alpha value is -2.77. The molecule has 0 unspecified atom stereocenters. The number of hydrogen-bond donors (Lipinski definition) is 5. The highest BCUT2D eigenvalue weighted by Gasteiger charge is 2.02. The number of nitrogen functional groups attached to an aromatic ring is 1. The third-order valence-electron chi connectivity index (χ3n) is 3.93. The van der Waals surface area contributed by atoms with Crippen LogP contribution in [0.25, 0.3) is 0 Å². The Bertz CT molecular complexity index is 597. The number of carbonyl (C=O) groups is 1. The Labute approximate surface area is 161 Å². The first-order chi connectivity index (χ1) is 13.0. The van der Waals surface area contributed by atoms with Crippen molar-refractivity contribution >= 4 is 17.7 Å². The Morgan fingerprint density at radius 2 is 1.67 bits per heavy atom.